The summed E-state index contributed by atoms with van der Waals surface area (Å²) in [6.45, 7) is 3.46. The van der Waals surface area contributed by atoms with Crippen molar-refractivity contribution in [2.24, 2.45) is 5.73 Å². The summed E-state index contributed by atoms with van der Waals surface area (Å²) in [5.41, 5.74) is 7.06. The first kappa shape index (κ1) is 12.1. The lowest BCUT2D eigenvalue weighted by Gasteiger charge is -2.17. The zero-order valence-electron chi connectivity index (χ0n) is 9.81. The van der Waals surface area contributed by atoms with E-state index in [-0.39, 0.29) is 0 Å². The van der Waals surface area contributed by atoms with E-state index in [1.165, 1.54) is 5.56 Å². The van der Waals surface area contributed by atoms with Gasteiger partial charge in [0.2, 0.25) is 0 Å². The predicted molar refractivity (Wildman–Crippen MR) is 70.2 cm³/mol. The highest BCUT2D eigenvalue weighted by Gasteiger charge is 2.11. The van der Waals surface area contributed by atoms with E-state index in [9.17, 15) is 0 Å². The van der Waals surface area contributed by atoms with Crippen LogP contribution < -0.4 is 5.73 Å². The predicted octanol–water partition coefficient (Wildman–Crippen LogP) is 2.59. The highest BCUT2D eigenvalue weighted by molar-refractivity contribution is 6.30. The van der Waals surface area contributed by atoms with Crippen molar-refractivity contribution in [2.45, 2.75) is 19.4 Å². The topological polar surface area (TPSA) is 43.8 Å². The zero-order valence-corrected chi connectivity index (χ0v) is 10.6. The van der Waals surface area contributed by atoms with E-state index in [1.54, 1.807) is 0 Å². The summed E-state index contributed by atoms with van der Waals surface area (Å²) in [5.74, 6) is 1.30. The number of imidazole rings is 1. The highest BCUT2D eigenvalue weighted by Crippen LogP contribution is 2.19. The maximum absolute atomic E-state index is 5.88. The number of benzene rings is 1. The summed E-state index contributed by atoms with van der Waals surface area (Å²) >= 11 is 5.88. The molecule has 1 heterocycles. The van der Waals surface area contributed by atoms with E-state index in [1.807, 2.05) is 43.6 Å². The summed E-state index contributed by atoms with van der Waals surface area (Å²) in [6, 6.07) is 7.87. The van der Waals surface area contributed by atoms with Crippen LogP contribution in [-0.4, -0.2) is 16.1 Å². The molecule has 0 radical (unpaired) electrons. The van der Waals surface area contributed by atoms with Gasteiger partial charge >= 0.3 is 0 Å². The molecular weight excluding hydrogens is 234 g/mol. The maximum Gasteiger partial charge on any atom is 0.105 e. The molecule has 3 nitrogen and oxygen atoms in total. The fourth-order valence-electron chi connectivity index (χ4n) is 1.89. The average molecular weight is 250 g/mol. The maximum atomic E-state index is 5.88. The van der Waals surface area contributed by atoms with Gasteiger partial charge < -0.3 is 10.3 Å². The van der Waals surface area contributed by atoms with Crippen LogP contribution in [-0.2, 0) is 6.54 Å². The summed E-state index contributed by atoms with van der Waals surface area (Å²) in [4.78, 5) is 4.21. The van der Waals surface area contributed by atoms with Gasteiger partial charge in [-0.15, -0.1) is 0 Å². The lowest BCUT2D eigenvalue weighted by Crippen LogP contribution is -2.18. The lowest BCUT2D eigenvalue weighted by molar-refractivity contribution is 0.556. The second-order valence-corrected chi connectivity index (χ2v) is 4.55. The molecule has 0 aliphatic rings. The minimum Gasteiger partial charge on any atom is -0.335 e. The fraction of sp³-hybridized carbons (Fsp3) is 0.308. The molecule has 1 aromatic heterocycles. The molecule has 0 amide bonds. The lowest BCUT2D eigenvalue weighted by atomic mass is 9.99. The van der Waals surface area contributed by atoms with Gasteiger partial charge in [0.15, 0.2) is 0 Å². The standard InChI is InChI=1S/C13H16ClN3/c1-10-16-6-7-17(10)9-12(8-15)11-2-4-13(14)5-3-11/h2-7,12H,8-9,15H2,1H3. The van der Waals surface area contributed by atoms with Crippen molar-refractivity contribution < 1.29 is 0 Å². The Kier molecular flexibility index (Phi) is 3.82. The van der Waals surface area contributed by atoms with Gasteiger partial charge in [-0.2, -0.15) is 0 Å². The molecule has 0 saturated carbocycles. The third-order valence-electron chi connectivity index (χ3n) is 2.97. The van der Waals surface area contributed by atoms with Gasteiger partial charge in [-0.3, -0.25) is 0 Å². The monoisotopic (exact) mass is 249 g/mol. The molecule has 2 rings (SSSR count). The SMILES string of the molecule is Cc1nccn1CC(CN)c1ccc(Cl)cc1. The molecule has 4 heteroatoms. The molecule has 2 aromatic rings. The van der Waals surface area contributed by atoms with Crippen LogP contribution in [0.5, 0.6) is 0 Å². The Labute approximate surface area is 106 Å². The summed E-state index contributed by atoms with van der Waals surface area (Å²) in [7, 11) is 0. The minimum atomic E-state index is 0.292. The number of aromatic nitrogens is 2. The van der Waals surface area contributed by atoms with Crippen molar-refractivity contribution in [1.82, 2.24) is 9.55 Å². The fourth-order valence-corrected chi connectivity index (χ4v) is 2.01. The van der Waals surface area contributed by atoms with Gasteiger partial charge in [0, 0.05) is 36.4 Å². The summed E-state index contributed by atoms with van der Waals surface area (Å²) < 4.78 is 2.12. The van der Waals surface area contributed by atoms with Crippen LogP contribution in [0, 0.1) is 6.92 Å². The number of nitrogens with two attached hydrogens (primary N) is 1. The Bertz CT molecular complexity index is 476. The first-order valence-electron chi connectivity index (χ1n) is 5.64. The first-order valence-corrected chi connectivity index (χ1v) is 6.01. The molecule has 1 atom stereocenters. The van der Waals surface area contributed by atoms with Crippen LogP contribution in [0.3, 0.4) is 0 Å². The molecule has 0 bridgehead atoms. The van der Waals surface area contributed by atoms with Crippen molar-refractivity contribution in [3.63, 3.8) is 0 Å². The van der Waals surface area contributed by atoms with E-state index in [2.05, 4.69) is 9.55 Å². The smallest absolute Gasteiger partial charge is 0.105 e. The first-order chi connectivity index (χ1) is 8.20. The van der Waals surface area contributed by atoms with Gasteiger partial charge in [0.25, 0.3) is 0 Å². The second kappa shape index (κ2) is 5.34. The molecule has 0 spiro atoms. The molecule has 1 aromatic carbocycles. The van der Waals surface area contributed by atoms with E-state index in [4.69, 9.17) is 17.3 Å². The molecule has 2 N–H and O–H groups in total. The van der Waals surface area contributed by atoms with Crippen molar-refractivity contribution in [3.05, 3.63) is 53.1 Å². The number of hydrogen-bond acceptors (Lipinski definition) is 2. The van der Waals surface area contributed by atoms with Gasteiger partial charge in [-0.05, 0) is 24.6 Å². The van der Waals surface area contributed by atoms with E-state index in [0.29, 0.717) is 12.5 Å². The molecule has 0 saturated heterocycles. The van der Waals surface area contributed by atoms with Crippen LogP contribution in [0.25, 0.3) is 0 Å². The zero-order chi connectivity index (χ0) is 12.3. The van der Waals surface area contributed by atoms with Crippen LogP contribution >= 0.6 is 11.6 Å². The van der Waals surface area contributed by atoms with Gasteiger partial charge in [0.1, 0.15) is 5.82 Å². The van der Waals surface area contributed by atoms with Crippen molar-refractivity contribution >= 4 is 11.6 Å². The number of hydrogen-bond donors (Lipinski definition) is 1. The van der Waals surface area contributed by atoms with Gasteiger partial charge in [-0.1, -0.05) is 23.7 Å². The Hall–Kier alpha value is -1.32. The second-order valence-electron chi connectivity index (χ2n) is 4.11. The van der Waals surface area contributed by atoms with E-state index >= 15 is 0 Å². The third-order valence-corrected chi connectivity index (χ3v) is 3.22. The Balaban J connectivity index is 2.17. The average Bonchev–Trinajstić information content (AvgIpc) is 2.73. The van der Waals surface area contributed by atoms with Crippen LogP contribution in [0.4, 0.5) is 0 Å². The van der Waals surface area contributed by atoms with Crippen LogP contribution in [0.2, 0.25) is 5.02 Å². The Morgan fingerprint density at radius 1 is 1.35 bits per heavy atom. The largest absolute Gasteiger partial charge is 0.335 e. The summed E-state index contributed by atoms with van der Waals surface area (Å²) in [6.07, 6.45) is 3.79. The molecule has 0 aliphatic carbocycles. The van der Waals surface area contributed by atoms with Crippen molar-refractivity contribution in [2.75, 3.05) is 6.54 Å². The van der Waals surface area contributed by atoms with Crippen molar-refractivity contribution in [3.8, 4) is 0 Å². The Morgan fingerprint density at radius 2 is 2.06 bits per heavy atom. The number of halogens is 1. The molecular formula is C13H16ClN3. The number of aryl methyl sites for hydroxylation is 1. The molecule has 0 aliphatic heterocycles. The molecule has 1 unspecified atom stereocenters. The van der Waals surface area contributed by atoms with Gasteiger partial charge in [-0.25, -0.2) is 4.98 Å². The normalized spacial score (nSPS) is 12.6. The van der Waals surface area contributed by atoms with E-state index in [0.717, 1.165) is 17.4 Å². The summed E-state index contributed by atoms with van der Waals surface area (Å²) in [5, 5.41) is 0.753. The third kappa shape index (κ3) is 2.87. The minimum absolute atomic E-state index is 0.292. The quantitative estimate of drug-likeness (QED) is 0.905. The molecule has 90 valence electrons. The van der Waals surface area contributed by atoms with Crippen LogP contribution in [0.15, 0.2) is 36.7 Å². The van der Waals surface area contributed by atoms with Crippen LogP contribution in [0.1, 0.15) is 17.3 Å². The molecule has 0 fully saturated rings. The van der Waals surface area contributed by atoms with E-state index < -0.39 is 0 Å². The molecule has 17 heavy (non-hydrogen) atoms. The van der Waals surface area contributed by atoms with Crippen molar-refractivity contribution in [1.29, 1.82) is 0 Å². The number of rotatable bonds is 4. The van der Waals surface area contributed by atoms with Gasteiger partial charge in [0.05, 0.1) is 0 Å². The Morgan fingerprint density at radius 3 is 2.59 bits per heavy atom. The highest BCUT2D eigenvalue weighted by atomic mass is 35.5. The number of nitrogens with zero attached hydrogens (tertiary/aromatic N) is 2.